The Hall–Kier alpha value is -3.15. The molecule has 150 valence electrons. The Morgan fingerprint density at radius 2 is 1.64 bits per heavy atom. The first-order valence-corrected chi connectivity index (χ1v) is 9.21. The van der Waals surface area contributed by atoms with Gasteiger partial charge in [0.2, 0.25) is 0 Å². The second-order valence-electron chi connectivity index (χ2n) is 5.84. The van der Waals surface area contributed by atoms with Crippen molar-refractivity contribution in [3.05, 3.63) is 54.6 Å². The molecule has 2 aromatic rings. The average molecular weight is 385 g/mol. The molecule has 0 radical (unpaired) electrons. The minimum atomic E-state index is -0.288. The molecule has 0 unspecified atom stereocenters. The van der Waals surface area contributed by atoms with Crippen molar-refractivity contribution < 1.29 is 23.7 Å². The van der Waals surface area contributed by atoms with E-state index in [1.54, 1.807) is 31.4 Å². The largest absolute Gasteiger partial charge is 0.493 e. The van der Waals surface area contributed by atoms with Gasteiger partial charge >= 0.3 is 0 Å². The number of carbonyl (C=O) groups excluding carboxylic acids is 1. The molecule has 0 aliphatic heterocycles. The van der Waals surface area contributed by atoms with Crippen LogP contribution in [0.4, 0.5) is 5.69 Å². The highest BCUT2D eigenvalue weighted by Crippen LogP contribution is 2.31. The van der Waals surface area contributed by atoms with Crippen LogP contribution in [0.1, 0.15) is 19.4 Å². The van der Waals surface area contributed by atoms with Gasteiger partial charge in [-0.2, -0.15) is 0 Å². The second kappa shape index (κ2) is 10.9. The molecule has 0 bridgehead atoms. The topological polar surface area (TPSA) is 66.0 Å². The molecule has 0 saturated carbocycles. The highest BCUT2D eigenvalue weighted by atomic mass is 16.5. The lowest BCUT2D eigenvalue weighted by Crippen LogP contribution is -2.20. The zero-order chi connectivity index (χ0) is 20.4. The molecule has 6 nitrogen and oxygen atoms in total. The van der Waals surface area contributed by atoms with Gasteiger partial charge in [0.15, 0.2) is 29.6 Å². The molecule has 0 aliphatic carbocycles. The molecule has 0 saturated heterocycles. The van der Waals surface area contributed by atoms with E-state index in [1.807, 2.05) is 32.1 Å². The fourth-order valence-electron chi connectivity index (χ4n) is 2.59. The van der Waals surface area contributed by atoms with Crippen molar-refractivity contribution >= 4 is 11.6 Å². The number of carbonyl (C=O) groups is 1. The first-order valence-electron chi connectivity index (χ1n) is 9.21. The molecule has 0 spiro atoms. The molecule has 28 heavy (non-hydrogen) atoms. The van der Waals surface area contributed by atoms with Gasteiger partial charge in [-0.15, -0.1) is 6.58 Å². The fraction of sp³-hybridized carbons (Fsp3) is 0.318. The molecular formula is C22H27NO5. The van der Waals surface area contributed by atoms with Gasteiger partial charge < -0.3 is 24.3 Å². The highest BCUT2D eigenvalue weighted by Gasteiger charge is 2.11. The summed E-state index contributed by atoms with van der Waals surface area (Å²) >= 11 is 0. The number of hydrogen-bond acceptors (Lipinski definition) is 5. The average Bonchev–Trinajstić information content (AvgIpc) is 2.69. The molecule has 1 amide bonds. The minimum absolute atomic E-state index is 0.144. The lowest BCUT2D eigenvalue weighted by Gasteiger charge is -2.14. The van der Waals surface area contributed by atoms with Crippen LogP contribution < -0.4 is 24.3 Å². The van der Waals surface area contributed by atoms with Crippen LogP contribution in [0, 0.1) is 0 Å². The fourth-order valence-corrected chi connectivity index (χ4v) is 2.59. The van der Waals surface area contributed by atoms with Crippen LogP contribution in [0.3, 0.4) is 0 Å². The van der Waals surface area contributed by atoms with E-state index < -0.39 is 0 Å². The van der Waals surface area contributed by atoms with Gasteiger partial charge in [0.05, 0.1) is 20.3 Å². The Morgan fingerprint density at radius 3 is 2.32 bits per heavy atom. The van der Waals surface area contributed by atoms with Gasteiger partial charge in [-0.25, -0.2) is 0 Å². The number of rotatable bonds is 11. The Bertz CT molecular complexity index is 804. The third-order valence-corrected chi connectivity index (χ3v) is 3.79. The van der Waals surface area contributed by atoms with E-state index in [-0.39, 0.29) is 12.5 Å². The predicted molar refractivity (Wildman–Crippen MR) is 110 cm³/mol. The van der Waals surface area contributed by atoms with E-state index in [0.717, 1.165) is 12.0 Å². The quantitative estimate of drug-likeness (QED) is 0.586. The van der Waals surface area contributed by atoms with Gasteiger partial charge in [-0.3, -0.25) is 4.79 Å². The van der Waals surface area contributed by atoms with Crippen LogP contribution >= 0.6 is 0 Å². The molecule has 0 heterocycles. The summed E-state index contributed by atoms with van der Waals surface area (Å²) in [7, 11) is 1.56. The van der Waals surface area contributed by atoms with Crippen molar-refractivity contribution in [1.82, 2.24) is 0 Å². The summed E-state index contributed by atoms with van der Waals surface area (Å²) in [6, 6.07) is 10.8. The third kappa shape index (κ3) is 5.94. The van der Waals surface area contributed by atoms with Crippen molar-refractivity contribution in [3.8, 4) is 23.0 Å². The van der Waals surface area contributed by atoms with Crippen LogP contribution in [0.25, 0.3) is 0 Å². The lowest BCUT2D eigenvalue weighted by atomic mass is 10.1. The van der Waals surface area contributed by atoms with E-state index >= 15 is 0 Å². The van der Waals surface area contributed by atoms with Crippen LogP contribution in [-0.4, -0.2) is 32.8 Å². The van der Waals surface area contributed by atoms with Crippen molar-refractivity contribution in [1.29, 1.82) is 0 Å². The third-order valence-electron chi connectivity index (χ3n) is 3.79. The summed E-state index contributed by atoms with van der Waals surface area (Å²) in [5, 5.41) is 2.80. The van der Waals surface area contributed by atoms with Gasteiger partial charge in [0.1, 0.15) is 0 Å². The number of nitrogens with one attached hydrogen (secondary N) is 1. The van der Waals surface area contributed by atoms with Gasteiger partial charge in [0, 0.05) is 11.8 Å². The second-order valence-corrected chi connectivity index (χ2v) is 5.84. The molecule has 2 rings (SSSR count). The standard InChI is InChI=1S/C22H27NO5/c1-5-8-16-9-11-18(20(13-16)25-4)28-15-22(24)23-17-10-12-19(26-6-2)21(14-17)27-7-3/h5,9-14H,1,6-8,15H2,2-4H3,(H,23,24). The van der Waals surface area contributed by atoms with Crippen molar-refractivity contribution in [2.75, 3.05) is 32.2 Å². The number of benzene rings is 2. The summed E-state index contributed by atoms with van der Waals surface area (Å²) in [5.41, 5.74) is 1.66. The van der Waals surface area contributed by atoms with Crippen LogP contribution in [0.15, 0.2) is 49.1 Å². The summed E-state index contributed by atoms with van der Waals surface area (Å²) in [5.74, 6) is 2.02. The monoisotopic (exact) mass is 385 g/mol. The molecule has 0 aromatic heterocycles. The van der Waals surface area contributed by atoms with Crippen molar-refractivity contribution in [2.45, 2.75) is 20.3 Å². The Labute approximate surface area is 166 Å². The smallest absolute Gasteiger partial charge is 0.262 e. The van der Waals surface area contributed by atoms with E-state index in [1.165, 1.54) is 0 Å². The Balaban J connectivity index is 2.00. The molecule has 0 atom stereocenters. The van der Waals surface area contributed by atoms with Crippen LogP contribution in [-0.2, 0) is 11.2 Å². The number of anilines is 1. The SMILES string of the molecule is C=CCc1ccc(OCC(=O)Nc2ccc(OCC)c(OCC)c2)c(OC)c1. The molecule has 2 aromatic carbocycles. The van der Waals surface area contributed by atoms with Crippen molar-refractivity contribution in [2.24, 2.45) is 0 Å². The molecule has 0 fully saturated rings. The van der Waals surface area contributed by atoms with E-state index in [4.69, 9.17) is 18.9 Å². The summed E-state index contributed by atoms with van der Waals surface area (Å²) in [6.07, 6.45) is 2.55. The van der Waals surface area contributed by atoms with Gasteiger partial charge in [0.25, 0.3) is 5.91 Å². The number of ether oxygens (including phenoxy) is 4. The Morgan fingerprint density at radius 1 is 0.964 bits per heavy atom. The van der Waals surface area contributed by atoms with Crippen molar-refractivity contribution in [3.63, 3.8) is 0 Å². The van der Waals surface area contributed by atoms with E-state index in [9.17, 15) is 4.79 Å². The van der Waals surface area contributed by atoms with E-state index in [2.05, 4.69) is 11.9 Å². The number of allylic oxidation sites excluding steroid dienone is 1. The van der Waals surface area contributed by atoms with Crippen LogP contribution in [0.2, 0.25) is 0 Å². The highest BCUT2D eigenvalue weighted by molar-refractivity contribution is 5.92. The summed E-state index contributed by atoms with van der Waals surface area (Å²) < 4.78 is 22.1. The maximum Gasteiger partial charge on any atom is 0.262 e. The zero-order valence-electron chi connectivity index (χ0n) is 16.6. The first kappa shape index (κ1) is 21.2. The lowest BCUT2D eigenvalue weighted by molar-refractivity contribution is -0.118. The molecule has 0 aliphatic rings. The van der Waals surface area contributed by atoms with Gasteiger partial charge in [-0.05, 0) is 50.1 Å². The number of methoxy groups -OCH3 is 1. The number of hydrogen-bond donors (Lipinski definition) is 1. The molecular weight excluding hydrogens is 358 g/mol. The minimum Gasteiger partial charge on any atom is -0.493 e. The maximum absolute atomic E-state index is 12.3. The Kier molecular flexibility index (Phi) is 8.21. The maximum atomic E-state index is 12.3. The summed E-state index contributed by atoms with van der Waals surface area (Å²) in [4.78, 5) is 12.3. The molecule has 6 heteroatoms. The first-order chi connectivity index (χ1) is 13.6. The van der Waals surface area contributed by atoms with Gasteiger partial charge in [-0.1, -0.05) is 12.1 Å². The summed E-state index contributed by atoms with van der Waals surface area (Å²) in [6.45, 7) is 8.41. The predicted octanol–water partition coefficient (Wildman–Crippen LogP) is 4.24. The molecule has 1 N–H and O–H groups in total. The van der Waals surface area contributed by atoms with E-state index in [0.29, 0.717) is 41.9 Å². The number of amides is 1. The normalized spacial score (nSPS) is 10.1. The zero-order valence-corrected chi connectivity index (χ0v) is 16.6. The van der Waals surface area contributed by atoms with Crippen LogP contribution in [0.5, 0.6) is 23.0 Å².